The van der Waals surface area contributed by atoms with Crippen molar-refractivity contribution in [1.29, 1.82) is 0 Å². The molecule has 3 aromatic rings. The number of hydrogen-bond donors (Lipinski definition) is 1. The summed E-state index contributed by atoms with van der Waals surface area (Å²) in [6.07, 6.45) is 4.04. The molecule has 0 aliphatic carbocycles. The maximum Gasteiger partial charge on any atom is 0.223 e. The summed E-state index contributed by atoms with van der Waals surface area (Å²) in [5, 5.41) is 0. The molecule has 1 aliphatic heterocycles. The summed E-state index contributed by atoms with van der Waals surface area (Å²) >= 11 is 0. The molecule has 1 amide bonds. The smallest absolute Gasteiger partial charge is 0.223 e. The second-order valence-corrected chi connectivity index (χ2v) is 7.41. The highest BCUT2D eigenvalue weighted by Gasteiger charge is 2.32. The predicted octanol–water partition coefficient (Wildman–Crippen LogP) is 4.30. The van der Waals surface area contributed by atoms with Crippen molar-refractivity contribution in [2.45, 2.75) is 31.7 Å². The Balaban J connectivity index is 1.58. The number of anilines is 1. The lowest BCUT2D eigenvalue weighted by Gasteiger charge is -2.26. The van der Waals surface area contributed by atoms with E-state index in [0.717, 1.165) is 18.4 Å². The predicted molar refractivity (Wildman–Crippen MR) is 110 cm³/mol. The summed E-state index contributed by atoms with van der Waals surface area (Å²) < 4.78 is 26.9. The van der Waals surface area contributed by atoms with Gasteiger partial charge in [0, 0.05) is 24.7 Å². The second kappa shape index (κ2) is 8.57. The molecule has 5 nitrogen and oxygen atoms in total. The first-order valence-electron chi connectivity index (χ1n) is 9.93. The van der Waals surface area contributed by atoms with Gasteiger partial charge in [-0.05, 0) is 54.7 Å². The third-order valence-corrected chi connectivity index (χ3v) is 5.40. The summed E-state index contributed by atoms with van der Waals surface area (Å²) in [5.41, 5.74) is 8.71. The zero-order valence-electron chi connectivity index (χ0n) is 16.4. The number of carbonyl (C=O) groups is 1. The molecule has 0 saturated carbocycles. The van der Waals surface area contributed by atoms with E-state index in [1.165, 1.54) is 24.3 Å². The first kappa shape index (κ1) is 19.9. The fourth-order valence-electron chi connectivity index (χ4n) is 3.94. The fraction of sp³-hybridized carbons (Fsp3) is 0.261. The van der Waals surface area contributed by atoms with Gasteiger partial charge in [0.15, 0.2) is 0 Å². The van der Waals surface area contributed by atoms with Gasteiger partial charge in [0.1, 0.15) is 11.6 Å². The standard InChI is InChI=1S/C23H22F2N4O/c24-17-9-6-15(7-10-17)8-11-21(30)29-12-2-5-20(29)22-19(14-27-23(26)28-22)16-3-1-4-18(25)13-16/h1,3-4,6-7,9-10,13-14,20H,2,5,8,11-12H2,(H2,26,27,28)/t20-/m1/s1. The Morgan fingerprint density at radius 3 is 2.70 bits per heavy atom. The molecule has 0 spiro atoms. The van der Waals surface area contributed by atoms with Crippen LogP contribution >= 0.6 is 0 Å². The van der Waals surface area contributed by atoms with Crippen LogP contribution in [0, 0.1) is 11.6 Å². The van der Waals surface area contributed by atoms with Crippen LogP contribution in [0.2, 0.25) is 0 Å². The van der Waals surface area contributed by atoms with Gasteiger partial charge in [0.05, 0.1) is 11.7 Å². The van der Waals surface area contributed by atoms with Crippen molar-refractivity contribution >= 4 is 11.9 Å². The Labute approximate surface area is 173 Å². The molecular weight excluding hydrogens is 386 g/mol. The minimum Gasteiger partial charge on any atom is -0.368 e. The third-order valence-electron chi connectivity index (χ3n) is 5.40. The van der Waals surface area contributed by atoms with Crippen molar-refractivity contribution in [3.8, 4) is 11.1 Å². The van der Waals surface area contributed by atoms with Gasteiger partial charge in [-0.2, -0.15) is 0 Å². The average molecular weight is 408 g/mol. The molecule has 4 rings (SSSR count). The zero-order chi connectivity index (χ0) is 21.1. The lowest BCUT2D eigenvalue weighted by molar-refractivity contribution is -0.132. The molecule has 154 valence electrons. The number of amides is 1. The number of aryl methyl sites for hydroxylation is 1. The van der Waals surface area contributed by atoms with Crippen LogP contribution in [0.1, 0.15) is 36.6 Å². The number of hydrogen-bond acceptors (Lipinski definition) is 4. The van der Waals surface area contributed by atoms with Gasteiger partial charge in [-0.15, -0.1) is 0 Å². The van der Waals surface area contributed by atoms with Crippen molar-refractivity contribution in [2.75, 3.05) is 12.3 Å². The van der Waals surface area contributed by atoms with Crippen LogP contribution in [0.4, 0.5) is 14.7 Å². The molecule has 0 bridgehead atoms. The third kappa shape index (κ3) is 4.30. The average Bonchev–Trinajstić information content (AvgIpc) is 3.23. The van der Waals surface area contributed by atoms with Crippen molar-refractivity contribution in [3.63, 3.8) is 0 Å². The van der Waals surface area contributed by atoms with Crippen LogP contribution in [-0.2, 0) is 11.2 Å². The van der Waals surface area contributed by atoms with E-state index in [2.05, 4.69) is 9.97 Å². The fourth-order valence-corrected chi connectivity index (χ4v) is 3.94. The van der Waals surface area contributed by atoms with Crippen LogP contribution in [0.5, 0.6) is 0 Å². The van der Waals surface area contributed by atoms with Crippen molar-refractivity contribution in [2.24, 2.45) is 0 Å². The maximum absolute atomic E-state index is 13.8. The first-order valence-corrected chi connectivity index (χ1v) is 9.93. The lowest BCUT2D eigenvalue weighted by Crippen LogP contribution is -2.31. The summed E-state index contributed by atoms with van der Waals surface area (Å²) in [6, 6.07) is 12.2. The topological polar surface area (TPSA) is 72.1 Å². The molecule has 0 radical (unpaired) electrons. The SMILES string of the molecule is Nc1ncc(-c2cccc(F)c2)c([C@H]2CCCN2C(=O)CCc2ccc(F)cc2)n1. The Kier molecular flexibility index (Phi) is 5.70. The highest BCUT2D eigenvalue weighted by Crippen LogP contribution is 2.37. The number of aromatic nitrogens is 2. The van der Waals surface area contributed by atoms with Crippen LogP contribution in [0.3, 0.4) is 0 Å². The molecular formula is C23H22F2N4O. The Hall–Kier alpha value is -3.35. The van der Waals surface area contributed by atoms with Crippen LogP contribution in [0.15, 0.2) is 54.7 Å². The molecule has 1 aliphatic rings. The van der Waals surface area contributed by atoms with Gasteiger partial charge in [0.25, 0.3) is 0 Å². The van der Waals surface area contributed by atoms with E-state index < -0.39 is 0 Å². The highest BCUT2D eigenvalue weighted by atomic mass is 19.1. The van der Waals surface area contributed by atoms with E-state index in [9.17, 15) is 13.6 Å². The molecule has 2 N–H and O–H groups in total. The number of likely N-dealkylation sites (tertiary alicyclic amines) is 1. The Morgan fingerprint density at radius 2 is 1.93 bits per heavy atom. The second-order valence-electron chi connectivity index (χ2n) is 7.41. The summed E-state index contributed by atoms with van der Waals surface area (Å²) in [5.74, 6) is -0.523. The minimum absolute atomic E-state index is 0.00389. The van der Waals surface area contributed by atoms with Crippen molar-refractivity contribution < 1.29 is 13.6 Å². The minimum atomic E-state index is -0.353. The largest absolute Gasteiger partial charge is 0.368 e. The maximum atomic E-state index is 13.8. The molecule has 7 heteroatoms. The lowest BCUT2D eigenvalue weighted by atomic mass is 9.99. The van der Waals surface area contributed by atoms with E-state index in [0.29, 0.717) is 36.2 Å². The number of nitrogens with two attached hydrogens (primary N) is 1. The monoisotopic (exact) mass is 408 g/mol. The van der Waals surface area contributed by atoms with E-state index in [1.807, 2.05) is 4.90 Å². The molecule has 2 aromatic carbocycles. The number of rotatable bonds is 5. The number of carbonyl (C=O) groups excluding carboxylic acids is 1. The normalized spacial score (nSPS) is 16.1. The van der Waals surface area contributed by atoms with E-state index in [-0.39, 0.29) is 29.5 Å². The van der Waals surface area contributed by atoms with Crippen LogP contribution in [0.25, 0.3) is 11.1 Å². The number of nitrogens with zero attached hydrogens (tertiary/aromatic N) is 3. The summed E-state index contributed by atoms with van der Waals surface area (Å²) in [4.78, 5) is 23.3. The number of nitrogen functional groups attached to an aromatic ring is 1. The van der Waals surface area contributed by atoms with Crippen molar-refractivity contribution in [1.82, 2.24) is 14.9 Å². The van der Waals surface area contributed by atoms with Gasteiger partial charge in [-0.3, -0.25) is 4.79 Å². The molecule has 1 atom stereocenters. The van der Waals surface area contributed by atoms with Gasteiger partial charge < -0.3 is 10.6 Å². The van der Waals surface area contributed by atoms with Gasteiger partial charge in [-0.1, -0.05) is 24.3 Å². The van der Waals surface area contributed by atoms with E-state index in [1.54, 1.807) is 30.5 Å². The van der Waals surface area contributed by atoms with Crippen LogP contribution < -0.4 is 5.73 Å². The summed E-state index contributed by atoms with van der Waals surface area (Å²) in [7, 11) is 0. The van der Waals surface area contributed by atoms with E-state index in [4.69, 9.17) is 5.73 Å². The molecule has 1 aromatic heterocycles. The van der Waals surface area contributed by atoms with Crippen molar-refractivity contribution in [3.05, 3.63) is 77.6 Å². The molecule has 1 fully saturated rings. The molecule has 0 unspecified atom stereocenters. The number of halogens is 2. The molecule has 30 heavy (non-hydrogen) atoms. The Bertz CT molecular complexity index is 1060. The zero-order valence-corrected chi connectivity index (χ0v) is 16.4. The number of benzene rings is 2. The highest BCUT2D eigenvalue weighted by molar-refractivity contribution is 5.78. The van der Waals surface area contributed by atoms with Gasteiger partial charge in [-0.25, -0.2) is 18.7 Å². The Morgan fingerprint density at radius 1 is 1.13 bits per heavy atom. The van der Waals surface area contributed by atoms with Gasteiger partial charge >= 0.3 is 0 Å². The summed E-state index contributed by atoms with van der Waals surface area (Å²) in [6.45, 7) is 0.624. The molecule has 2 heterocycles. The van der Waals surface area contributed by atoms with Gasteiger partial charge in [0.2, 0.25) is 11.9 Å². The molecule has 1 saturated heterocycles. The first-order chi connectivity index (χ1) is 14.5. The van der Waals surface area contributed by atoms with E-state index >= 15 is 0 Å². The van der Waals surface area contributed by atoms with Crippen LogP contribution in [-0.4, -0.2) is 27.3 Å². The quantitative estimate of drug-likeness (QED) is 0.683.